The molecule has 1 fully saturated rings. The normalized spacial score (nSPS) is 31.1. The molecule has 0 aliphatic carbocycles. The standard InChI is InChI=1S/C33H50O5/c1-9-28(14-15-29-24(4)13-16-30(35)37-29)20-23(3)12-10-11-22(2)19-25(5)31(36)27(7)32-26(6)21-33(8,38-32)17-18-34/h10-11,13-16,19-20,23-27,29,32,34H,9,12,17-18,21H2,1-8H3/b11-10+,15-14+,22-19+,28-20-. The second-order valence-corrected chi connectivity index (χ2v) is 11.8. The van der Waals surface area contributed by atoms with Gasteiger partial charge in [-0.3, -0.25) is 4.79 Å². The van der Waals surface area contributed by atoms with E-state index < -0.39 is 0 Å². The molecule has 8 atom stereocenters. The maximum Gasteiger partial charge on any atom is 0.331 e. The van der Waals surface area contributed by atoms with E-state index in [0.29, 0.717) is 12.3 Å². The van der Waals surface area contributed by atoms with E-state index in [9.17, 15) is 14.7 Å². The topological polar surface area (TPSA) is 72.8 Å². The molecule has 0 aromatic carbocycles. The van der Waals surface area contributed by atoms with Crippen molar-refractivity contribution in [3.8, 4) is 0 Å². The Kier molecular flexibility index (Phi) is 12.4. The van der Waals surface area contributed by atoms with Crippen molar-refractivity contribution in [3.05, 3.63) is 59.8 Å². The molecule has 8 unspecified atom stereocenters. The summed E-state index contributed by atoms with van der Waals surface area (Å²) in [5, 5.41) is 9.37. The van der Waals surface area contributed by atoms with Crippen LogP contribution in [0.1, 0.15) is 81.1 Å². The van der Waals surface area contributed by atoms with E-state index >= 15 is 0 Å². The van der Waals surface area contributed by atoms with Crippen molar-refractivity contribution in [1.29, 1.82) is 0 Å². The van der Waals surface area contributed by atoms with Gasteiger partial charge in [-0.2, -0.15) is 0 Å². The smallest absolute Gasteiger partial charge is 0.331 e. The summed E-state index contributed by atoms with van der Waals surface area (Å²) in [4.78, 5) is 24.7. The number of ether oxygens (including phenoxy) is 2. The Morgan fingerprint density at radius 1 is 1.21 bits per heavy atom. The lowest BCUT2D eigenvalue weighted by Crippen LogP contribution is -2.34. The number of hydrogen-bond acceptors (Lipinski definition) is 5. The number of esters is 1. The molecule has 38 heavy (non-hydrogen) atoms. The first-order valence-corrected chi connectivity index (χ1v) is 14.3. The number of rotatable bonds is 13. The van der Waals surface area contributed by atoms with Crippen LogP contribution in [0.2, 0.25) is 0 Å². The van der Waals surface area contributed by atoms with E-state index in [2.05, 4.69) is 45.1 Å². The number of ketones is 1. The summed E-state index contributed by atoms with van der Waals surface area (Å²) in [6, 6.07) is 0. The van der Waals surface area contributed by atoms with Crippen molar-refractivity contribution >= 4 is 11.8 Å². The van der Waals surface area contributed by atoms with Crippen LogP contribution in [0.5, 0.6) is 0 Å². The van der Waals surface area contributed by atoms with Crippen molar-refractivity contribution in [2.24, 2.45) is 29.6 Å². The number of Topliss-reactive ketones (excluding diaryl/α,β-unsaturated/α-hetero) is 1. The van der Waals surface area contributed by atoms with Gasteiger partial charge in [-0.1, -0.05) is 89.1 Å². The van der Waals surface area contributed by atoms with E-state index in [1.807, 2.05) is 52.8 Å². The minimum atomic E-state index is -0.345. The molecule has 0 amide bonds. The predicted molar refractivity (Wildman–Crippen MR) is 154 cm³/mol. The summed E-state index contributed by atoms with van der Waals surface area (Å²) >= 11 is 0. The van der Waals surface area contributed by atoms with Crippen LogP contribution in [0.3, 0.4) is 0 Å². The Bertz CT molecular complexity index is 954. The van der Waals surface area contributed by atoms with Crippen molar-refractivity contribution in [2.75, 3.05) is 6.61 Å². The predicted octanol–water partition coefficient (Wildman–Crippen LogP) is 6.93. The summed E-state index contributed by atoms with van der Waals surface area (Å²) < 4.78 is 11.7. The molecule has 5 nitrogen and oxygen atoms in total. The number of aliphatic hydroxyl groups is 1. The SMILES string of the molecule is CCC(=C/C(C)C/C=C/C(C)=C/C(C)C(=O)C(C)C1OC(C)(CCO)CC1C)/C=C/C1OC(=O)C=CC1C. The third-order valence-corrected chi connectivity index (χ3v) is 7.88. The Morgan fingerprint density at radius 2 is 1.92 bits per heavy atom. The number of cyclic esters (lactones) is 1. The van der Waals surface area contributed by atoms with Crippen LogP contribution in [-0.4, -0.2) is 41.3 Å². The van der Waals surface area contributed by atoms with Crippen LogP contribution in [0.4, 0.5) is 0 Å². The minimum Gasteiger partial charge on any atom is -0.454 e. The van der Waals surface area contributed by atoms with E-state index in [0.717, 1.165) is 24.8 Å². The zero-order valence-electron chi connectivity index (χ0n) is 24.8. The van der Waals surface area contributed by atoms with Crippen LogP contribution in [-0.2, 0) is 19.1 Å². The largest absolute Gasteiger partial charge is 0.454 e. The van der Waals surface area contributed by atoms with Crippen molar-refractivity contribution in [3.63, 3.8) is 0 Å². The Morgan fingerprint density at radius 3 is 2.58 bits per heavy atom. The van der Waals surface area contributed by atoms with Crippen molar-refractivity contribution in [1.82, 2.24) is 0 Å². The fraction of sp³-hybridized carbons (Fsp3) is 0.636. The molecule has 1 saturated heterocycles. The number of allylic oxidation sites excluding steroid dienone is 7. The van der Waals surface area contributed by atoms with Crippen LogP contribution in [0.25, 0.3) is 0 Å². The van der Waals surface area contributed by atoms with Gasteiger partial charge < -0.3 is 14.6 Å². The average molecular weight is 527 g/mol. The molecule has 1 N–H and O–H groups in total. The third kappa shape index (κ3) is 9.50. The number of aliphatic hydroxyl groups excluding tert-OH is 1. The average Bonchev–Trinajstić information content (AvgIpc) is 3.16. The number of carbonyl (C=O) groups excluding carboxylic acids is 2. The lowest BCUT2D eigenvalue weighted by molar-refractivity contribution is -0.143. The highest BCUT2D eigenvalue weighted by Crippen LogP contribution is 2.40. The monoisotopic (exact) mass is 526 g/mol. The van der Waals surface area contributed by atoms with E-state index in [-0.39, 0.29) is 59.8 Å². The molecule has 2 heterocycles. The van der Waals surface area contributed by atoms with Gasteiger partial charge in [0.25, 0.3) is 0 Å². The van der Waals surface area contributed by atoms with Crippen LogP contribution < -0.4 is 0 Å². The molecule has 0 radical (unpaired) electrons. The summed E-state index contributed by atoms with van der Waals surface area (Å²) in [6.45, 7) is 16.6. The molecule has 212 valence electrons. The number of carbonyl (C=O) groups is 2. The molecule has 2 aliphatic rings. The van der Waals surface area contributed by atoms with Crippen LogP contribution in [0.15, 0.2) is 59.8 Å². The van der Waals surface area contributed by atoms with Gasteiger partial charge >= 0.3 is 5.97 Å². The van der Waals surface area contributed by atoms with Gasteiger partial charge in [-0.15, -0.1) is 0 Å². The molecular formula is C33H50O5. The van der Waals surface area contributed by atoms with Crippen LogP contribution in [0, 0.1) is 29.6 Å². The van der Waals surface area contributed by atoms with Crippen LogP contribution >= 0.6 is 0 Å². The molecule has 0 saturated carbocycles. The number of hydrogen-bond donors (Lipinski definition) is 1. The highest BCUT2D eigenvalue weighted by Gasteiger charge is 2.44. The molecule has 0 aromatic heterocycles. The fourth-order valence-corrected chi connectivity index (χ4v) is 5.64. The second-order valence-electron chi connectivity index (χ2n) is 11.8. The first kappa shape index (κ1) is 32.0. The highest BCUT2D eigenvalue weighted by molar-refractivity contribution is 5.85. The lowest BCUT2D eigenvalue weighted by atomic mass is 9.83. The van der Waals surface area contributed by atoms with Gasteiger partial charge in [0.15, 0.2) is 0 Å². The first-order valence-electron chi connectivity index (χ1n) is 14.3. The van der Waals surface area contributed by atoms with Gasteiger partial charge in [0, 0.05) is 30.4 Å². The highest BCUT2D eigenvalue weighted by atomic mass is 16.5. The maximum atomic E-state index is 13.2. The summed E-state index contributed by atoms with van der Waals surface area (Å²) in [5.41, 5.74) is 1.96. The second kappa shape index (κ2) is 14.8. The molecular weight excluding hydrogens is 476 g/mol. The lowest BCUT2D eigenvalue weighted by Gasteiger charge is -2.27. The molecule has 2 rings (SSSR count). The van der Waals surface area contributed by atoms with E-state index in [1.54, 1.807) is 0 Å². The maximum absolute atomic E-state index is 13.2. The Balaban J connectivity index is 1.91. The van der Waals surface area contributed by atoms with Gasteiger partial charge in [0.1, 0.15) is 11.9 Å². The fourth-order valence-electron chi connectivity index (χ4n) is 5.64. The minimum absolute atomic E-state index is 0.0997. The Labute approximate surface area is 230 Å². The first-order chi connectivity index (χ1) is 17.9. The zero-order chi connectivity index (χ0) is 28.5. The Hall–Kier alpha value is -2.24. The van der Waals surface area contributed by atoms with Gasteiger partial charge in [0.2, 0.25) is 0 Å². The van der Waals surface area contributed by atoms with Gasteiger partial charge in [-0.05, 0) is 57.4 Å². The molecule has 0 aromatic rings. The van der Waals surface area contributed by atoms with Crippen molar-refractivity contribution < 1.29 is 24.2 Å². The summed E-state index contributed by atoms with van der Waals surface area (Å²) in [7, 11) is 0. The van der Waals surface area contributed by atoms with E-state index in [1.165, 1.54) is 11.6 Å². The molecule has 0 bridgehead atoms. The molecule has 0 spiro atoms. The molecule has 2 aliphatic heterocycles. The summed E-state index contributed by atoms with van der Waals surface area (Å²) in [5.74, 6) is 0.374. The molecule has 5 heteroatoms. The summed E-state index contributed by atoms with van der Waals surface area (Å²) in [6.07, 6.45) is 19.0. The zero-order valence-corrected chi connectivity index (χ0v) is 24.8. The van der Waals surface area contributed by atoms with Gasteiger partial charge in [0.05, 0.1) is 11.7 Å². The quantitative estimate of drug-likeness (QED) is 0.208. The van der Waals surface area contributed by atoms with E-state index in [4.69, 9.17) is 9.47 Å². The van der Waals surface area contributed by atoms with Gasteiger partial charge in [-0.25, -0.2) is 4.79 Å². The third-order valence-electron chi connectivity index (χ3n) is 7.88. The van der Waals surface area contributed by atoms with Crippen molar-refractivity contribution in [2.45, 2.75) is 98.9 Å².